The van der Waals surface area contributed by atoms with Gasteiger partial charge in [-0.15, -0.1) is 0 Å². The third kappa shape index (κ3) is 3.07. The second-order valence-corrected chi connectivity index (χ2v) is 5.10. The topological polar surface area (TPSA) is 59.2 Å². The lowest BCUT2D eigenvalue weighted by Gasteiger charge is -2.31. The molecule has 0 spiro atoms. The molecule has 1 fully saturated rings. The molecule has 0 aromatic carbocycles. The van der Waals surface area contributed by atoms with E-state index in [4.69, 9.17) is 5.73 Å². The fraction of sp³-hybridized carbons (Fsp3) is 0.571. The van der Waals surface area contributed by atoms with Gasteiger partial charge in [-0.05, 0) is 30.5 Å². The Morgan fingerprint density at radius 2 is 2.06 bits per heavy atom. The Labute approximate surface area is 108 Å². The quantitative estimate of drug-likeness (QED) is 0.881. The number of nitrogens with two attached hydrogens (primary N) is 1. The SMILES string of the molecule is CN(Cc1ccncc1)C(=O)C1CCCCC1N. The first-order valence-corrected chi connectivity index (χ1v) is 6.58. The van der Waals surface area contributed by atoms with Gasteiger partial charge in [0.25, 0.3) is 0 Å². The summed E-state index contributed by atoms with van der Waals surface area (Å²) in [5, 5.41) is 0. The molecule has 0 radical (unpaired) electrons. The first-order chi connectivity index (χ1) is 8.68. The summed E-state index contributed by atoms with van der Waals surface area (Å²) in [5.74, 6) is 0.185. The number of carbonyl (C=O) groups excluding carboxylic acids is 1. The molecule has 1 aliphatic carbocycles. The Hall–Kier alpha value is -1.42. The minimum absolute atomic E-state index is 0.00517. The van der Waals surface area contributed by atoms with Gasteiger partial charge in [0.05, 0.1) is 5.92 Å². The number of carbonyl (C=O) groups is 1. The molecule has 2 N–H and O–H groups in total. The van der Waals surface area contributed by atoms with Gasteiger partial charge in [-0.25, -0.2) is 0 Å². The van der Waals surface area contributed by atoms with Crippen molar-refractivity contribution >= 4 is 5.91 Å². The summed E-state index contributed by atoms with van der Waals surface area (Å²) in [6.45, 7) is 0.630. The molecular formula is C14H21N3O. The lowest BCUT2D eigenvalue weighted by molar-refractivity contribution is -0.136. The number of hydrogen-bond acceptors (Lipinski definition) is 3. The number of pyridine rings is 1. The molecule has 0 aliphatic heterocycles. The van der Waals surface area contributed by atoms with E-state index in [0.717, 1.165) is 31.2 Å². The number of amides is 1. The molecule has 1 heterocycles. The van der Waals surface area contributed by atoms with Crippen molar-refractivity contribution in [3.05, 3.63) is 30.1 Å². The predicted molar refractivity (Wildman–Crippen MR) is 70.6 cm³/mol. The molecule has 1 saturated carbocycles. The van der Waals surface area contributed by atoms with Gasteiger partial charge in [0.15, 0.2) is 0 Å². The molecule has 4 nitrogen and oxygen atoms in total. The van der Waals surface area contributed by atoms with E-state index in [-0.39, 0.29) is 17.9 Å². The zero-order chi connectivity index (χ0) is 13.0. The highest BCUT2D eigenvalue weighted by molar-refractivity contribution is 5.79. The van der Waals surface area contributed by atoms with E-state index < -0.39 is 0 Å². The van der Waals surface area contributed by atoms with Crippen LogP contribution in [-0.4, -0.2) is 28.9 Å². The third-order valence-electron chi connectivity index (χ3n) is 3.68. The second kappa shape index (κ2) is 5.96. The van der Waals surface area contributed by atoms with Crippen LogP contribution in [0.4, 0.5) is 0 Å². The van der Waals surface area contributed by atoms with E-state index >= 15 is 0 Å². The summed E-state index contributed by atoms with van der Waals surface area (Å²) in [6.07, 6.45) is 7.67. The van der Waals surface area contributed by atoms with E-state index in [1.807, 2.05) is 19.2 Å². The molecule has 1 aromatic rings. The average molecular weight is 247 g/mol. The maximum absolute atomic E-state index is 12.3. The fourth-order valence-corrected chi connectivity index (χ4v) is 2.59. The highest BCUT2D eigenvalue weighted by Gasteiger charge is 2.30. The van der Waals surface area contributed by atoms with Crippen molar-refractivity contribution in [2.75, 3.05) is 7.05 Å². The maximum Gasteiger partial charge on any atom is 0.227 e. The molecule has 0 bridgehead atoms. The number of aromatic nitrogens is 1. The van der Waals surface area contributed by atoms with E-state index in [1.54, 1.807) is 17.3 Å². The van der Waals surface area contributed by atoms with E-state index in [1.165, 1.54) is 0 Å². The zero-order valence-corrected chi connectivity index (χ0v) is 10.9. The Balaban J connectivity index is 1.96. The summed E-state index contributed by atoms with van der Waals surface area (Å²) in [5.41, 5.74) is 7.16. The molecule has 2 rings (SSSR count). The van der Waals surface area contributed by atoms with Crippen LogP contribution < -0.4 is 5.73 Å². The number of hydrogen-bond donors (Lipinski definition) is 1. The molecule has 0 saturated heterocycles. The van der Waals surface area contributed by atoms with Crippen LogP contribution in [0.5, 0.6) is 0 Å². The Morgan fingerprint density at radius 1 is 1.39 bits per heavy atom. The summed E-state index contributed by atoms with van der Waals surface area (Å²) < 4.78 is 0. The van der Waals surface area contributed by atoms with Crippen molar-refractivity contribution < 1.29 is 4.79 Å². The molecule has 1 amide bonds. The van der Waals surface area contributed by atoms with Crippen LogP contribution in [0.15, 0.2) is 24.5 Å². The van der Waals surface area contributed by atoms with Crippen molar-refractivity contribution in [3.63, 3.8) is 0 Å². The van der Waals surface area contributed by atoms with Gasteiger partial charge in [0, 0.05) is 32.0 Å². The zero-order valence-electron chi connectivity index (χ0n) is 10.9. The highest BCUT2D eigenvalue weighted by atomic mass is 16.2. The smallest absolute Gasteiger partial charge is 0.227 e. The van der Waals surface area contributed by atoms with Crippen molar-refractivity contribution in [2.24, 2.45) is 11.7 Å². The van der Waals surface area contributed by atoms with E-state index in [9.17, 15) is 4.79 Å². The fourth-order valence-electron chi connectivity index (χ4n) is 2.59. The lowest BCUT2D eigenvalue weighted by Crippen LogP contribution is -2.44. The summed E-state index contributed by atoms with van der Waals surface area (Å²) in [6, 6.07) is 3.90. The van der Waals surface area contributed by atoms with Crippen molar-refractivity contribution in [1.29, 1.82) is 0 Å². The summed E-state index contributed by atoms with van der Waals surface area (Å²) in [4.78, 5) is 18.1. The Morgan fingerprint density at radius 3 is 2.72 bits per heavy atom. The van der Waals surface area contributed by atoms with Gasteiger partial charge >= 0.3 is 0 Å². The van der Waals surface area contributed by atoms with Gasteiger partial charge in [-0.2, -0.15) is 0 Å². The van der Waals surface area contributed by atoms with Crippen LogP contribution in [0, 0.1) is 5.92 Å². The van der Waals surface area contributed by atoms with Gasteiger partial charge in [0.2, 0.25) is 5.91 Å². The minimum atomic E-state index is 0.00517. The predicted octanol–water partition coefficient (Wildman–Crippen LogP) is 1.56. The van der Waals surface area contributed by atoms with Gasteiger partial charge in [0.1, 0.15) is 0 Å². The van der Waals surface area contributed by atoms with Crippen LogP contribution in [0.1, 0.15) is 31.2 Å². The van der Waals surface area contributed by atoms with Crippen LogP contribution in [-0.2, 0) is 11.3 Å². The molecular weight excluding hydrogens is 226 g/mol. The number of nitrogens with zero attached hydrogens (tertiary/aromatic N) is 2. The standard InChI is InChI=1S/C14H21N3O/c1-17(10-11-6-8-16-9-7-11)14(18)12-4-2-3-5-13(12)15/h6-9,12-13H,2-5,10,15H2,1H3. The van der Waals surface area contributed by atoms with Crippen molar-refractivity contribution in [1.82, 2.24) is 9.88 Å². The van der Waals surface area contributed by atoms with Crippen LogP contribution in [0.2, 0.25) is 0 Å². The summed E-state index contributed by atoms with van der Waals surface area (Å²) in [7, 11) is 1.85. The van der Waals surface area contributed by atoms with Crippen LogP contribution in [0.25, 0.3) is 0 Å². The first-order valence-electron chi connectivity index (χ1n) is 6.58. The maximum atomic E-state index is 12.3. The Kier molecular flexibility index (Phi) is 4.31. The van der Waals surface area contributed by atoms with Crippen LogP contribution in [0.3, 0.4) is 0 Å². The highest BCUT2D eigenvalue weighted by Crippen LogP contribution is 2.24. The molecule has 98 valence electrons. The minimum Gasteiger partial charge on any atom is -0.341 e. The second-order valence-electron chi connectivity index (χ2n) is 5.10. The molecule has 1 aliphatic rings. The largest absolute Gasteiger partial charge is 0.341 e. The van der Waals surface area contributed by atoms with Gasteiger partial charge in [-0.3, -0.25) is 9.78 Å². The number of rotatable bonds is 3. The first kappa shape index (κ1) is 13.0. The molecule has 18 heavy (non-hydrogen) atoms. The summed E-state index contributed by atoms with van der Waals surface area (Å²) >= 11 is 0. The van der Waals surface area contributed by atoms with E-state index in [0.29, 0.717) is 6.54 Å². The average Bonchev–Trinajstić information content (AvgIpc) is 2.39. The van der Waals surface area contributed by atoms with Gasteiger partial charge in [-0.1, -0.05) is 12.8 Å². The molecule has 1 aromatic heterocycles. The molecule has 4 heteroatoms. The molecule has 2 atom stereocenters. The monoisotopic (exact) mass is 247 g/mol. The normalized spacial score (nSPS) is 23.7. The Bertz CT molecular complexity index is 393. The third-order valence-corrected chi connectivity index (χ3v) is 3.68. The van der Waals surface area contributed by atoms with Crippen molar-refractivity contribution in [2.45, 2.75) is 38.3 Å². The van der Waals surface area contributed by atoms with E-state index in [2.05, 4.69) is 4.98 Å². The molecule has 2 unspecified atom stereocenters. The van der Waals surface area contributed by atoms with Crippen LogP contribution >= 0.6 is 0 Å². The van der Waals surface area contributed by atoms with Gasteiger partial charge < -0.3 is 10.6 Å². The van der Waals surface area contributed by atoms with Crippen molar-refractivity contribution in [3.8, 4) is 0 Å². The lowest BCUT2D eigenvalue weighted by atomic mass is 9.84.